The predicted molar refractivity (Wildman–Crippen MR) is 139 cm³/mol. The van der Waals surface area contributed by atoms with E-state index in [0.717, 1.165) is 16.9 Å². The number of carbonyl (C=O) groups excluding carboxylic acids is 2. The monoisotopic (exact) mass is 506 g/mol. The molecule has 0 spiro atoms. The van der Waals surface area contributed by atoms with Crippen molar-refractivity contribution < 1.29 is 23.8 Å². The van der Waals surface area contributed by atoms with E-state index in [2.05, 4.69) is 15.4 Å². The number of hydrogen-bond acceptors (Lipinski definition) is 7. The van der Waals surface area contributed by atoms with Crippen LogP contribution in [-0.4, -0.2) is 53.3 Å². The van der Waals surface area contributed by atoms with Crippen molar-refractivity contribution in [2.24, 2.45) is 0 Å². The smallest absolute Gasteiger partial charge is 0.318 e. The summed E-state index contributed by atoms with van der Waals surface area (Å²) >= 11 is 0. The van der Waals surface area contributed by atoms with Crippen molar-refractivity contribution in [1.82, 2.24) is 14.8 Å². The molecule has 2 aromatic heterocycles. The Labute approximate surface area is 217 Å². The normalized spacial score (nSPS) is 19.4. The van der Waals surface area contributed by atoms with E-state index in [9.17, 15) is 9.59 Å². The number of ether oxygens (including phenoxy) is 3. The molecular formula is C28H34N4O5. The molecule has 1 aliphatic rings. The predicted octanol–water partition coefficient (Wildman–Crippen LogP) is 4.50. The molecule has 9 nitrogen and oxygen atoms in total. The van der Waals surface area contributed by atoms with E-state index in [1.54, 1.807) is 43.2 Å². The van der Waals surface area contributed by atoms with Crippen molar-refractivity contribution >= 4 is 17.6 Å². The lowest BCUT2D eigenvalue weighted by Gasteiger charge is -2.37. The van der Waals surface area contributed by atoms with Gasteiger partial charge >= 0.3 is 5.97 Å². The van der Waals surface area contributed by atoms with Gasteiger partial charge in [0, 0.05) is 7.11 Å². The Balaban J connectivity index is 1.49. The fourth-order valence-corrected chi connectivity index (χ4v) is 4.78. The molecule has 4 rings (SSSR count). The van der Waals surface area contributed by atoms with Gasteiger partial charge in [-0.25, -0.2) is 4.68 Å². The van der Waals surface area contributed by atoms with Crippen LogP contribution in [0.1, 0.15) is 59.9 Å². The van der Waals surface area contributed by atoms with Crippen molar-refractivity contribution in [2.75, 3.05) is 25.8 Å². The lowest BCUT2D eigenvalue weighted by atomic mass is 9.70. The number of benzene rings is 1. The highest BCUT2D eigenvalue weighted by Crippen LogP contribution is 2.41. The SMILES string of the molecule is CCOC(=O)C1(c2ccc(NC(=O)c3cnn(-c4ccc(C)cc4)c3C)cn2)CCC(OCOC)CC1. The average molecular weight is 507 g/mol. The van der Waals surface area contributed by atoms with Gasteiger partial charge in [-0.3, -0.25) is 14.6 Å². The van der Waals surface area contributed by atoms with Crippen molar-refractivity contribution in [1.29, 1.82) is 0 Å². The minimum atomic E-state index is -0.836. The summed E-state index contributed by atoms with van der Waals surface area (Å²) in [5, 5.41) is 7.29. The third kappa shape index (κ3) is 5.73. The first-order valence-electron chi connectivity index (χ1n) is 12.5. The highest BCUT2D eigenvalue weighted by molar-refractivity contribution is 6.04. The van der Waals surface area contributed by atoms with Gasteiger partial charge in [0.25, 0.3) is 5.91 Å². The maximum atomic E-state index is 13.1. The van der Waals surface area contributed by atoms with Gasteiger partial charge in [0.05, 0.1) is 53.4 Å². The summed E-state index contributed by atoms with van der Waals surface area (Å²) in [5.41, 5.74) is 3.59. The number of aromatic nitrogens is 3. The van der Waals surface area contributed by atoms with E-state index in [1.807, 2.05) is 38.1 Å². The molecule has 1 amide bonds. The molecule has 196 valence electrons. The number of anilines is 1. The first kappa shape index (κ1) is 26.5. The Morgan fingerprint density at radius 1 is 1.08 bits per heavy atom. The van der Waals surface area contributed by atoms with Crippen LogP contribution in [0.4, 0.5) is 5.69 Å². The molecule has 0 bridgehead atoms. The van der Waals surface area contributed by atoms with E-state index in [0.29, 0.717) is 49.2 Å². The fraction of sp³-hybridized carbons (Fsp3) is 0.429. The molecule has 1 saturated carbocycles. The van der Waals surface area contributed by atoms with Gasteiger partial charge in [-0.05, 0) is 70.7 Å². The van der Waals surface area contributed by atoms with Crippen LogP contribution in [0, 0.1) is 13.8 Å². The number of rotatable bonds is 9. The second-order valence-corrected chi connectivity index (χ2v) is 9.35. The van der Waals surface area contributed by atoms with Gasteiger partial charge in [0.15, 0.2) is 0 Å². The molecule has 1 aromatic carbocycles. The van der Waals surface area contributed by atoms with Crippen LogP contribution in [0.3, 0.4) is 0 Å². The molecule has 3 aromatic rings. The standard InChI is InChI=1S/C28H34N4O5/c1-5-36-27(34)28(14-12-23(13-15-28)37-18-35-4)25-11-8-21(16-29-25)31-26(33)24-17-30-32(20(24)3)22-9-6-19(2)7-10-22/h6-11,16-17,23H,5,12-15,18H2,1-4H3,(H,31,33). The van der Waals surface area contributed by atoms with Crippen LogP contribution >= 0.6 is 0 Å². The van der Waals surface area contributed by atoms with Crippen molar-refractivity contribution in [3.63, 3.8) is 0 Å². The number of carbonyl (C=O) groups is 2. The molecule has 0 atom stereocenters. The summed E-state index contributed by atoms with van der Waals surface area (Å²) in [7, 11) is 1.59. The number of hydrogen-bond donors (Lipinski definition) is 1. The zero-order valence-corrected chi connectivity index (χ0v) is 21.8. The molecule has 0 saturated heterocycles. The van der Waals surface area contributed by atoms with Gasteiger partial charge in [0.1, 0.15) is 12.2 Å². The lowest BCUT2D eigenvalue weighted by Crippen LogP contribution is -2.43. The molecule has 1 aliphatic carbocycles. The quantitative estimate of drug-likeness (QED) is 0.337. The molecule has 0 radical (unpaired) electrons. The van der Waals surface area contributed by atoms with Crippen LogP contribution in [0.15, 0.2) is 48.8 Å². The first-order chi connectivity index (χ1) is 17.9. The summed E-state index contributed by atoms with van der Waals surface area (Å²) in [6.07, 6.45) is 5.71. The molecule has 0 aliphatic heterocycles. The Hall–Kier alpha value is -3.56. The van der Waals surface area contributed by atoms with Crippen molar-refractivity contribution in [3.05, 3.63) is 71.3 Å². The lowest BCUT2D eigenvalue weighted by molar-refractivity contribution is -0.154. The molecular weight excluding hydrogens is 472 g/mol. The van der Waals surface area contributed by atoms with Crippen LogP contribution < -0.4 is 5.32 Å². The van der Waals surface area contributed by atoms with Crippen LogP contribution in [-0.2, 0) is 24.4 Å². The van der Waals surface area contributed by atoms with Gasteiger partial charge in [-0.15, -0.1) is 0 Å². The molecule has 1 fully saturated rings. The van der Waals surface area contributed by atoms with E-state index >= 15 is 0 Å². The third-order valence-electron chi connectivity index (χ3n) is 6.92. The van der Waals surface area contributed by atoms with Gasteiger partial charge in [-0.1, -0.05) is 17.7 Å². The van der Waals surface area contributed by atoms with Gasteiger partial charge < -0.3 is 19.5 Å². The maximum absolute atomic E-state index is 13.1. The third-order valence-corrected chi connectivity index (χ3v) is 6.92. The second-order valence-electron chi connectivity index (χ2n) is 9.35. The van der Waals surface area contributed by atoms with E-state index in [1.165, 1.54) is 0 Å². The van der Waals surface area contributed by atoms with Crippen molar-refractivity contribution in [3.8, 4) is 5.69 Å². The molecule has 9 heteroatoms. The molecule has 37 heavy (non-hydrogen) atoms. The Bertz CT molecular complexity index is 1210. The molecule has 1 N–H and O–H groups in total. The average Bonchev–Trinajstić information content (AvgIpc) is 3.30. The summed E-state index contributed by atoms with van der Waals surface area (Å²) in [6.45, 7) is 6.21. The fourth-order valence-electron chi connectivity index (χ4n) is 4.78. The highest BCUT2D eigenvalue weighted by atomic mass is 16.7. The number of esters is 1. The van der Waals surface area contributed by atoms with E-state index in [4.69, 9.17) is 14.2 Å². The zero-order chi connectivity index (χ0) is 26.4. The molecule has 2 heterocycles. The van der Waals surface area contributed by atoms with Crippen molar-refractivity contribution in [2.45, 2.75) is 58.0 Å². The maximum Gasteiger partial charge on any atom is 0.318 e. The highest BCUT2D eigenvalue weighted by Gasteiger charge is 2.46. The summed E-state index contributed by atoms with van der Waals surface area (Å²) in [5.74, 6) is -0.551. The van der Waals surface area contributed by atoms with Crippen LogP contribution in [0.5, 0.6) is 0 Å². The largest absolute Gasteiger partial charge is 0.465 e. The van der Waals surface area contributed by atoms with Gasteiger partial charge in [0.2, 0.25) is 0 Å². The number of nitrogens with zero attached hydrogens (tertiary/aromatic N) is 3. The van der Waals surface area contributed by atoms with E-state index < -0.39 is 5.41 Å². The number of amides is 1. The van der Waals surface area contributed by atoms with Crippen LogP contribution in [0.2, 0.25) is 0 Å². The number of pyridine rings is 1. The number of aryl methyl sites for hydroxylation is 1. The minimum absolute atomic E-state index is 0.0325. The zero-order valence-electron chi connectivity index (χ0n) is 21.8. The minimum Gasteiger partial charge on any atom is -0.465 e. The second kappa shape index (κ2) is 11.7. The summed E-state index contributed by atoms with van der Waals surface area (Å²) < 4.78 is 17.9. The van der Waals surface area contributed by atoms with Crippen LogP contribution in [0.25, 0.3) is 5.69 Å². The first-order valence-corrected chi connectivity index (χ1v) is 12.5. The van der Waals surface area contributed by atoms with Gasteiger partial charge in [-0.2, -0.15) is 5.10 Å². The summed E-state index contributed by atoms with van der Waals surface area (Å²) in [4.78, 5) is 30.7. The Kier molecular flexibility index (Phi) is 8.35. The summed E-state index contributed by atoms with van der Waals surface area (Å²) in [6, 6.07) is 11.5. The Morgan fingerprint density at radius 3 is 2.43 bits per heavy atom. The Morgan fingerprint density at radius 2 is 1.81 bits per heavy atom. The topological polar surface area (TPSA) is 105 Å². The van der Waals surface area contributed by atoms with E-state index in [-0.39, 0.29) is 24.8 Å². The number of methoxy groups -OCH3 is 1. The molecule has 0 unspecified atom stereocenters. The number of nitrogens with one attached hydrogen (secondary N) is 1.